The van der Waals surface area contributed by atoms with Gasteiger partial charge in [-0.3, -0.25) is 4.79 Å². The molecule has 0 aliphatic rings. The fraction of sp³-hybridized carbons (Fsp3) is 0.615. The Balaban J connectivity index is 3.03. The van der Waals surface area contributed by atoms with Crippen LogP contribution in [0.4, 0.5) is 23.9 Å². The van der Waals surface area contributed by atoms with Crippen LogP contribution in [0.15, 0.2) is 0 Å². The molecule has 0 saturated carbocycles. The van der Waals surface area contributed by atoms with Crippen LogP contribution in [0.3, 0.4) is 0 Å². The Hall–Kier alpha value is -1.44. The normalized spacial score (nSPS) is 13.3. The van der Waals surface area contributed by atoms with Crippen molar-refractivity contribution in [2.24, 2.45) is 5.92 Å². The molecule has 0 aromatic carbocycles. The summed E-state index contributed by atoms with van der Waals surface area (Å²) in [6.45, 7) is 4.87. The molecule has 1 rings (SSSR count). The van der Waals surface area contributed by atoms with Gasteiger partial charge in [0, 0.05) is 12.0 Å². The number of carbonyl (C=O) groups is 1. The maximum absolute atomic E-state index is 12.4. The van der Waals surface area contributed by atoms with Crippen LogP contribution in [0.25, 0.3) is 0 Å². The number of rotatable bonds is 6. The molecular weight excluding hydrogens is 305 g/mol. The van der Waals surface area contributed by atoms with Gasteiger partial charge in [-0.15, -0.1) is 11.3 Å². The molecule has 1 unspecified atom stereocenters. The minimum absolute atomic E-state index is 0.160. The molecule has 3 N–H and O–H groups in total. The van der Waals surface area contributed by atoms with Crippen molar-refractivity contribution in [3.8, 4) is 5.75 Å². The summed E-state index contributed by atoms with van der Waals surface area (Å²) < 4.78 is 42.2. The van der Waals surface area contributed by atoms with Gasteiger partial charge in [0.05, 0.1) is 24.1 Å². The second-order valence-corrected chi connectivity index (χ2v) is 6.11. The molecule has 1 aromatic heterocycles. The minimum atomic E-state index is -4.26. The van der Waals surface area contributed by atoms with Crippen molar-refractivity contribution in [2.75, 3.05) is 18.2 Å². The number of anilines is 2. The lowest BCUT2D eigenvalue weighted by Crippen LogP contribution is -2.23. The number of carbonyl (C=O) groups excluding carboxylic acids is 1. The van der Waals surface area contributed by atoms with Gasteiger partial charge < -0.3 is 15.8 Å². The highest BCUT2D eigenvalue weighted by Gasteiger charge is 2.31. The Kier molecular flexibility index (Phi) is 5.49. The van der Waals surface area contributed by atoms with Gasteiger partial charge in [-0.25, -0.2) is 0 Å². The van der Waals surface area contributed by atoms with Crippen LogP contribution < -0.4 is 15.8 Å². The first-order valence-corrected chi connectivity index (χ1v) is 7.22. The number of halogens is 3. The summed E-state index contributed by atoms with van der Waals surface area (Å²) in [6.07, 6.45) is -5.25. The van der Waals surface area contributed by atoms with E-state index >= 15 is 0 Å². The van der Waals surface area contributed by atoms with Gasteiger partial charge in [0.15, 0.2) is 11.5 Å². The predicted octanol–water partition coefficient (Wildman–Crippen LogP) is 3.93. The van der Waals surface area contributed by atoms with E-state index in [4.69, 9.17) is 10.5 Å². The number of methoxy groups -OCH3 is 1. The van der Waals surface area contributed by atoms with Crippen LogP contribution in [0.5, 0.6) is 5.75 Å². The van der Waals surface area contributed by atoms with Gasteiger partial charge in [0.25, 0.3) is 0 Å². The van der Waals surface area contributed by atoms with Crippen molar-refractivity contribution < 1.29 is 22.7 Å². The van der Waals surface area contributed by atoms with Gasteiger partial charge in [0.2, 0.25) is 0 Å². The molecule has 0 saturated heterocycles. The van der Waals surface area contributed by atoms with Crippen molar-refractivity contribution in [1.29, 1.82) is 0 Å². The standard InChI is InChI=1S/C13H19F3N2O2S/c1-6(2)9(19)11-8(17)10(20-4)12(21-11)18-7(3)5-13(14,15)16/h6-7,18H,5,17H2,1-4H3. The molecule has 1 atom stereocenters. The van der Waals surface area contributed by atoms with Crippen LogP contribution in [-0.2, 0) is 0 Å². The zero-order valence-electron chi connectivity index (χ0n) is 12.3. The Morgan fingerprint density at radius 2 is 1.95 bits per heavy atom. The van der Waals surface area contributed by atoms with E-state index in [-0.39, 0.29) is 23.1 Å². The number of nitrogen functional groups attached to an aromatic ring is 1. The highest BCUT2D eigenvalue weighted by Crippen LogP contribution is 2.44. The van der Waals surface area contributed by atoms with Gasteiger partial charge in [0.1, 0.15) is 5.00 Å². The van der Waals surface area contributed by atoms with Gasteiger partial charge in [-0.05, 0) is 6.92 Å². The number of ketones is 1. The molecular formula is C13H19F3N2O2S. The fourth-order valence-corrected chi connectivity index (χ4v) is 3.08. The molecule has 21 heavy (non-hydrogen) atoms. The maximum atomic E-state index is 12.4. The minimum Gasteiger partial charge on any atom is -0.492 e. The van der Waals surface area contributed by atoms with E-state index in [0.29, 0.717) is 9.88 Å². The highest BCUT2D eigenvalue weighted by atomic mass is 32.1. The number of hydrogen-bond donors (Lipinski definition) is 2. The Morgan fingerprint density at radius 3 is 2.38 bits per heavy atom. The lowest BCUT2D eigenvalue weighted by molar-refractivity contribution is -0.136. The SMILES string of the molecule is COc1c(NC(C)CC(F)(F)F)sc(C(=O)C(C)C)c1N. The molecule has 0 aliphatic heterocycles. The van der Waals surface area contributed by atoms with Crippen LogP contribution >= 0.6 is 11.3 Å². The first-order valence-electron chi connectivity index (χ1n) is 6.40. The molecule has 4 nitrogen and oxygen atoms in total. The zero-order valence-corrected chi connectivity index (χ0v) is 13.1. The summed E-state index contributed by atoms with van der Waals surface area (Å²) >= 11 is 1.02. The number of nitrogens with one attached hydrogen (secondary N) is 1. The lowest BCUT2D eigenvalue weighted by atomic mass is 10.1. The second-order valence-electron chi connectivity index (χ2n) is 5.09. The van der Waals surface area contributed by atoms with Crippen molar-refractivity contribution >= 4 is 27.8 Å². The third-order valence-corrected chi connectivity index (χ3v) is 3.90. The predicted molar refractivity (Wildman–Crippen MR) is 78.2 cm³/mol. The summed E-state index contributed by atoms with van der Waals surface area (Å²) in [7, 11) is 1.36. The smallest absolute Gasteiger partial charge is 0.391 e. The number of thiophene rings is 1. The largest absolute Gasteiger partial charge is 0.492 e. The van der Waals surface area contributed by atoms with E-state index in [0.717, 1.165) is 11.3 Å². The summed E-state index contributed by atoms with van der Waals surface area (Å²) in [5.41, 5.74) is 6.03. The van der Waals surface area contributed by atoms with E-state index in [1.807, 2.05) is 0 Å². The summed E-state index contributed by atoms with van der Waals surface area (Å²) in [5, 5.41) is 3.06. The van der Waals surface area contributed by atoms with Gasteiger partial charge >= 0.3 is 6.18 Å². The average Bonchev–Trinajstić information content (AvgIpc) is 2.61. The van der Waals surface area contributed by atoms with Crippen LogP contribution in [0.1, 0.15) is 36.9 Å². The molecule has 8 heteroatoms. The van der Waals surface area contributed by atoms with Gasteiger partial charge in [-0.2, -0.15) is 13.2 Å². The van der Waals surface area contributed by atoms with Crippen molar-refractivity contribution in [2.45, 2.75) is 39.4 Å². The molecule has 1 heterocycles. The number of Topliss-reactive ketones (excluding diaryl/α,β-unsaturated/α-hetero) is 1. The Bertz CT molecular complexity index is 512. The molecule has 0 radical (unpaired) electrons. The van der Waals surface area contributed by atoms with E-state index in [1.165, 1.54) is 14.0 Å². The lowest BCUT2D eigenvalue weighted by Gasteiger charge is -2.16. The topological polar surface area (TPSA) is 64.3 Å². The molecule has 0 spiro atoms. The Morgan fingerprint density at radius 1 is 1.38 bits per heavy atom. The second kappa shape index (κ2) is 6.55. The van der Waals surface area contributed by atoms with E-state index in [9.17, 15) is 18.0 Å². The monoisotopic (exact) mass is 324 g/mol. The third kappa shape index (κ3) is 4.52. The van der Waals surface area contributed by atoms with Crippen LogP contribution in [0, 0.1) is 5.92 Å². The van der Waals surface area contributed by atoms with E-state index in [1.54, 1.807) is 13.8 Å². The Labute approximate surface area is 125 Å². The number of hydrogen-bond acceptors (Lipinski definition) is 5. The number of ether oxygens (including phenoxy) is 1. The number of nitrogens with two attached hydrogens (primary N) is 1. The zero-order chi connectivity index (χ0) is 16.4. The van der Waals surface area contributed by atoms with Crippen molar-refractivity contribution in [3.05, 3.63) is 4.88 Å². The molecule has 0 amide bonds. The molecule has 0 aliphatic carbocycles. The highest BCUT2D eigenvalue weighted by molar-refractivity contribution is 7.19. The summed E-state index contributed by atoms with van der Waals surface area (Å²) in [6, 6.07) is -0.848. The molecule has 1 aromatic rings. The molecule has 0 bridgehead atoms. The average molecular weight is 324 g/mol. The maximum Gasteiger partial charge on any atom is 0.391 e. The third-order valence-electron chi connectivity index (χ3n) is 2.77. The van der Waals surface area contributed by atoms with Gasteiger partial charge in [-0.1, -0.05) is 13.8 Å². The van der Waals surface area contributed by atoms with Crippen LogP contribution in [0.2, 0.25) is 0 Å². The quantitative estimate of drug-likeness (QED) is 0.778. The van der Waals surface area contributed by atoms with Crippen LogP contribution in [-0.4, -0.2) is 25.1 Å². The summed E-state index contributed by atoms with van der Waals surface area (Å²) in [4.78, 5) is 12.3. The van der Waals surface area contributed by atoms with Crippen molar-refractivity contribution in [1.82, 2.24) is 0 Å². The van der Waals surface area contributed by atoms with Crippen molar-refractivity contribution in [3.63, 3.8) is 0 Å². The molecule has 120 valence electrons. The molecule has 0 fully saturated rings. The summed E-state index contributed by atoms with van der Waals surface area (Å²) in [5.74, 6) is -0.193. The van der Waals surface area contributed by atoms with E-state index in [2.05, 4.69) is 5.32 Å². The first-order chi connectivity index (χ1) is 9.56. The fourth-order valence-electron chi connectivity index (χ4n) is 1.79. The first kappa shape index (κ1) is 17.6. The van der Waals surface area contributed by atoms with E-state index < -0.39 is 18.6 Å². The number of alkyl halides is 3.